The summed E-state index contributed by atoms with van der Waals surface area (Å²) in [7, 11) is 0. The molecule has 4 aromatic carbocycles. The lowest BCUT2D eigenvalue weighted by Gasteiger charge is -2.26. The third-order valence-electron chi connectivity index (χ3n) is 7.35. The Balaban J connectivity index is 1.32. The van der Waals surface area contributed by atoms with Crippen molar-refractivity contribution in [3.05, 3.63) is 145 Å². The van der Waals surface area contributed by atoms with E-state index < -0.39 is 0 Å². The molecule has 0 amide bonds. The molecule has 0 saturated heterocycles. The van der Waals surface area contributed by atoms with Crippen molar-refractivity contribution in [1.82, 2.24) is 9.97 Å². The zero-order chi connectivity index (χ0) is 26.0. The molecule has 0 unspecified atom stereocenters. The van der Waals surface area contributed by atoms with Gasteiger partial charge in [-0.3, -0.25) is 9.97 Å². The van der Waals surface area contributed by atoms with Gasteiger partial charge in [0.15, 0.2) is 0 Å². The summed E-state index contributed by atoms with van der Waals surface area (Å²) in [5, 5.41) is 2.33. The number of hydrogen-bond acceptors (Lipinski definition) is 3. The zero-order valence-electron chi connectivity index (χ0n) is 21.5. The smallest absolute Gasteiger partial charge is 0.0709 e. The second kappa shape index (κ2) is 10.0. The predicted molar refractivity (Wildman–Crippen MR) is 162 cm³/mol. The Kier molecular flexibility index (Phi) is 5.95. The molecule has 0 fully saturated rings. The number of anilines is 3. The maximum atomic E-state index is 4.81. The lowest BCUT2D eigenvalue weighted by molar-refractivity contribution is 0.978. The highest BCUT2D eigenvalue weighted by atomic mass is 15.1. The minimum absolute atomic E-state index is 0.963. The van der Waals surface area contributed by atoms with E-state index in [1.54, 1.807) is 0 Å². The van der Waals surface area contributed by atoms with E-state index in [1.807, 2.05) is 18.5 Å². The lowest BCUT2D eigenvalue weighted by Crippen LogP contribution is -2.10. The number of hydrogen-bond donors (Lipinski definition) is 0. The van der Waals surface area contributed by atoms with Gasteiger partial charge in [0, 0.05) is 46.0 Å². The summed E-state index contributed by atoms with van der Waals surface area (Å²) in [4.78, 5) is 11.9. The van der Waals surface area contributed by atoms with E-state index in [2.05, 4.69) is 126 Å². The van der Waals surface area contributed by atoms with Gasteiger partial charge >= 0.3 is 0 Å². The van der Waals surface area contributed by atoms with Crippen LogP contribution in [0.5, 0.6) is 0 Å². The largest absolute Gasteiger partial charge is 0.310 e. The quantitative estimate of drug-likeness (QED) is 0.236. The second-order valence-electron chi connectivity index (χ2n) is 9.90. The number of nitrogens with zero attached hydrogens (tertiary/aromatic N) is 3. The van der Waals surface area contributed by atoms with Gasteiger partial charge in [-0.2, -0.15) is 0 Å². The molecular formula is C36H27N3. The van der Waals surface area contributed by atoms with Gasteiger partial charge in [0.25, 0.3) is 0 Å². The Hall–Kier alpha value is -5.02. The number of rotatable bonds is 5. The molecule has 0 bridgehead atoms. The van der Waals surface area contributed by atoms with Crippen molar-refractivity contribution in [3.63, 3.8) is 0 Å². The minimum Gasteiger partial charge on any atom is -0.310 e. The molecule has 0 aliphatic heterocycles. The Morgan fingerprint density at radius 1 is 0.538 bits per heavy atom. The summed E-state index contributed by atoms with van der Waals surface area (Å²) in [5.41, 5.74) is 10.0. The van der Waals surface area contributed by atoms with E-state index in [4.69, 9.17) is 9.97 Å². The molecule has 0 saturated carbocycles. The highest BCUT2D eigenvalue weighted by molar-refractivity contribution is 5.86. The first-order chi connectivity index (χ1) is 19.3. The summed E-state index contributed by atoms with van der Waals surface area (Å²) in [5.74, 6) is 0. The summed E-state index contributed by atoms with van der Waals surface area (Å²) in [6.45, 7) is 0. The lowest BCUT2D eigenvalue weighted by atomic mass is 9.97. The van der Waals surface area contributed by atoms with Gasteiger partial charge in [0.1, 0.15) is 0 Å². The van der Waals surface area contributed by atoms with Gasteiger partial charge in [0.05, 0.1) is 11.4 Å². The average Bonchev–Trinajstić information content (AvgIpc) is 3.01. The van der Waals surface area contributed by atoms with E-state index in [-0.39, 0.29) is 0 Å². The number of aryl methyl sites for hydroxylation is 1. The van der Waals surface area contributed by atoms with Crippen LogP contribution in [0.15, 0.2) is 134 Å². The highest BCUT2D eigenvalue weighted by Gasteiger charge is 2.15. The molecule has 6 aromatic rings. The molecule has 3 heteroatoms. The van der Waals surface area contributed by atoms with Crippen molar-refractivity contribution >= 4 is 33.9 Å². The van der Waals surface area contributed by atoms with Gasteiger partial charge in [-0.25, -0.2) is 0 Å². The maximum absolute atomic E-state index is 4.81. The van der Waals surface area contributed by atoms with Crippen molar-refractivity contribution in [1.29, 1.82) is 0 Å². The van der Waals surface area contributed by atoms with Crippen LogP contribution in [0.25, 0.3) is 39.4 Å². The van der Waals surface area contributed by atoms with Crippen molar-refractivity contribution in [2.45, 2.75) is 12.8 Å². The molecule has 1 aliphatic rings. The number of fused-ring (bicyclic) bond motifs is 2. The number of aromatic nitrogens is 2. The second-order valence-corrected chi connectivity index (χ2v) is 9.90. The standard InChI is InChI=1S/C36H27N3/c1-2-16-32(17-3-1)39(33-18-8-14-28(20-33)35-22-26-10-4-6-12-30(26)24-37-35)34-19-9-15-29(21-34)36-23-27-11-5-7-13-31(27)25-38-36/h1-4,6-10,12-25H,5,11H2. The third-order valence-corrected chi connectivity index (χ3v) is 7.35. The van der Waals surface area contributed by atoms with Crippen molar-refractivity contribution in [2.75, 3.05) is 4.90 Å². The number of benzene rings is 4. The highest BCUT2D eigenvalue weighted by Crippen LogP contribution is 2.38. The molecule has 0 N–H and O–H groups in total. The fourth-order valence-electron chi connectivity index (χ4n) is 5.36. The Labute approximate surface area is 228 Å². The fourth-order valence-corrected chi connectivity index (χ4v) is 5.36. The van der Waals surface area contributed by atoms with Crippen LogP contribution in [-0.2, 0) is 6.42 Å². The summed E-state index contributed by atoms with van der Waals surface area (Å²) in [6, 6.07) is 40.6. The first kappa shape index (κ1) is 23.1. The van der Waals surface area contributed by atoms with E-state index in [1.165, 1.54) is 16.5 Å². The molecule has 186 valence electrons. The molecular weight excluding hydrogens is 474 g/mol. The van der Waals surface area contributed by atoms with Crippen LogP contribution in [0.1, 0.15) is 17.5 Å². The fraction of sp³-hybridized carbons (Fsp3) is 0.0556. The number of pyridine rings is 2. The summed E-state index contributed by atoms with van der Waals surface area (Å²) >= 11 is 0. The molecule has 1 aliphatic carbocycles. The normalized spacial score (nSPS) is 12.3. The predicted octanol–water partition coefficient (Wildman–Crippen LogP) is 9.39. The van der Waals surface area contributed by atoms with E-state index in [9.17, 15) is 0 Å². The SMILES string of the molecule is C1=Cc2cnc(-c3cccc(N(c4ccccc4)c4cccc(-c5cc6ccccc6cn5)c4)c3)cc2CC1. The maximum Gasteiger partial charge on any atom is 0.0709 e. The van der Waals surface area contributed by atoms with Gasteiger partial charge in [-0.1, -0.05) is 78.9 Å². The Bertz CT molecular complexity index is 1820. The van der Waals surface area contributed by atoms with Crippen molar-refractivity contribution in [3.8, 4) is 22.5 Å². The molecule has 2 heterocycles. The Morgan fingerprint density at radius 2 is 1.18 bits per heavy atom. The van der Waals surface area contributed by atoms with Gasteiger partial charge in [-0.15, -0.1) is 0 Å². The van der Waals surface area contributed by atoms with E-state index in [0.29, 0.717) is 0 Å². The summed E-state index contributed by atoms with van der Waals surface area (Å²) < 4.78 is 0. The van der Waals surface area contributed by atoms with Gasteiger partial charge in [-0.05, 0) is 77.9 Å². The van der Waals surface area contributed by atoms with Crippen LogP contribution in [0.4, 0.5) is 17.1 Å². The molecule has 0 radical (unpaired) electrons. The summed E-state index contributed by atoms with van der Waals surface area (Å²) in [6.07, 6.45) is 10.5. The molecule has 0 atom stereocenters. The van der Waals surface area contributed by atoms with Gasteiger partial charge < -0.3 is 4.90 Å². The van der Waals surface area contributed by atoms with Crippen molar-refractivity contribution in [2.24, 2.45) is 0 Å². The number of para-hydroxylation sites is 1. The van der Waals surface area contributed by atoms with Gasteiger partial charge in [0.2, 0.25) is 0 Å². The number of allylic oxidation sites excluding steroid dienone is 1. The monoisotopic (exact) mass is 501 g/mol. The molecule has 0 spiro atoms. The van der Waals surface area contributed by atoms with Crippen LogP contribution < -0.4 is 4.90 Å². The Morgan fingerprint density at radius 3 is 1.95 bits per heavy atom. The minimum atomic E-state index is 0.963. The molecule has 2 aromatic heterocycles. The molecule has 39 heavy (non-hydrogen) atoms. The van der Waals surface area contributed by atoms with Crippen LogP contribution >= 0.6 is 0 Å². The average molecular weight is 502 g/mol. The van der Waals surface area contributed by atoms with E-state index >= 15 is 0 Å². The third kappa shape index (κ3) is 4.60. The molecule has 3 nitrogen and oxygen atoms in total. The van der Waals surface area contributed by atoms with Crippen LogP contribution in [-0.4, -0.2) is 9.97 Å². The van der Waals surface area contributed by atoms with Crippen LogP contribution in [0.2, 0.25) is 0 Å². The van der Waals surface area contributed by atoms with Crippen LogP contribution in [0, 0.1) is 0 Å². The molecule has 7 rings (SSSR count). The van der Waals surface area contributed by atoms with Crippen molar-refractivity contribution < 1.29 is 0 Å². The topological polar surface area (TPSA) is 29.0 Å². The first-order valence-corrected chi connectivity index (χ1v) is 13.4. The zero-order valence-corrected chi connectivity index (χ0v) is 21.5. The van der Waals surface area contributed by atoms with Crippen LogP contribution in [0.3, 0.4) is 0 Å². The first-order valence-electron chi connectivity index (χ1n) is 13.4. The van der Waals surface area contributed by atoms with E-state index in [0.717, 1.165) is 57.8 Å².